The van der Waals surface area contributed by atoms with Crippen molar-refractivity contribution in [3.05, 3.63) is 41.5 Å². The Balaban J connectivity index is 1.79. The van der Waals surface area contributed by atoms with E-state index in [1.54, 1.807) is 0 Å². The van der Waals surface area contributed by atoms with Crippen LogP contribution in [0.3, 0.4) is 0 Å². The molecule has 1 aliphatic carbocycles. The Kier molecular flexibility index (Phi) is 4.63. The molecule has 0 atom stereocenters. The van der Waals surface area contributed by atoms with Crippen molar-refractivity contribution >= 4 is 11.8 Å². The molecule has 0 saturated heterocycles. The predicted molar refractivity (Wildman–Crippen MR) is 87.6 cm³/mol. The standard InChI is InChI=1S/C17H23N3S/c1-13-14(2)20(16-9-4-3-5-10-16)17(19-13)21-12-15-8-6-7-11-18-15/h6-8,11,16H,3-5,9-10,12H2,1-2H3. The van der Waals surface area contributed by atoms with E-state index in [0.717, 1.165) is 11.4 Å². The van der Waals surface area contributed by atoms with Gasteiger partial charge in [0.2, 0.25) is 0 Å². The molecule has 0 radical (unpaired) electrons. The van der Waals surface area contributed by atoms with Crippen LogP contribution in [-0.4, -0.2) is 14.5 Å². The van der Waals surface area contributed by atoms with Gasteiger partial charge in [0.15, 0.2) is 5.16 Å². The van der Waals surface area contributed by atoms with Gasteiger partial charge in [0.25, 0.3) is 0 Å². The molecular formula is C17H23N3S. The largest absolute Gasteiger partial charge is 0.320 e. The Morgan fingerprint density at radius 3 is 2.71 bits per heavy atom. The van der Waals surface area contributed by atoms with Crippen LogP contribution in [0.25, 0.3) is 0 Å². The zero-order chi connectivity index (χ0) is 14.7. The van der Waals surface area contributed by atoms with Gasteiger partial charge in [0.05, 0.1) is 11.4 Å². The first-order chi connectivity index (χ1) is 10.3. The van der Waals surface area contributed by atoms with Crippen molar-refractivity contribution in [2.45, 2.75) is 62.9 Å². The Morgan fingerprint density at radius 1 is 1.19 bits per heavy atom. The lowest BCUT2D eigenvalue weighted by Gasteiger charge is -2.26. The zero-order valence-corrected chi connectivity index (χ0v) is 13.7. The maximum Gasteiger partial charge on any atom is 0.169 e. The molecule has 0 spiro atoms. The summed E-state index contributed by atoms with van der Waals surface area (Å²) >= 11 is 1.82. The van der Waals surface area contributed by atoms with E-state index < -0.39 is 0 Å². The number of pyridine rings is 1. The second-order valence-electron chi connectivity index (χ2n) is 5.84. The minimum atomic E-state index is 0.645. The summed E-state index contributed by atoms with van der Waals surface area (Å²) in [6.07, 6.45) is 8.55. The van der Waals surface area contributed by atoms with Gasteiger partial charge >= 0.3 is 0 Å². The Hall–Kier alpha value is -1.29. The van der Waals surface area contributed by atoms with Crippen molar-refractivity contribution in [1.29, 1.82) is 0 Å². The van der Waals surface area contributed by atoms with Gasteiger partial charge in [0, 0.05) is 23.7 Å². The van der Waals surface area contributed by atoms with Crippen LogP contribution in [-0.2, 0) is 5.75 Å². The molecule has 1 saturated carbocycles. The number of aromatic nitrogens is 3. The van der Waals surface area contributed by atoms with E-state index in [1.807, 2.05) is 30.1 Å². The smallest absolute Gasteiger partial charge is 0.169 e. The van der Waals surface area contributed by atoms with E-state index in [1.165, 1.54) is 48.6 Å². The summed E-state index contributed by atoms with van der Waals surface area (Å²) in [5.74, 6) is 0.892. The van der Waals surface area contributed by atoms with Gasteiger partial charge in [-0.3, -0.25) is 4.98 Å². The molecule has 1 aliphatic rings. The molecule has 112 valence electrons. The maximum absolute atomic E-state index is 4.80. The van der Waals surface area contributed by atoms with E-state index >= 15 is 0 Å². The zero-order valence-electron chi connectivity index (χ0n) is 12.9. The predicted octanol–water partition coefficient (Wildman–Crippen LogP) is 4.69. The molecule has 0 bridgehead atoms. The second-order valence-corrected chi connectivity index (χ2v) is 6.78. The number of rotatable bonds is 4. The lowest BCUT2D eigenvalue weighted by molar-refractivity contribution is 0.332. The first-order valence-electron chi connectivity index (χ1n) is 7.84. The van der Waals surface area contributed by atoms with E-state index in [2.05, 4.69) is 29.5 Å². The van der Waals surface area contributed by atoms with Crippen LogP contribution in [0, 0.1) is 13.8 Å². The van der Waals surface area contributed by atoms with Crippen LogP contribution in [0.2, 0.25) is 0 Å². The highest BCUT2D eigenvalue weighted by Crippen LogP contribution is 2.34. The van der Waals surface area contributed by atoms with Crippen LogP contribution in [0.4, 0.5) is 0 Å². The molecule has 3 nitrogen and oxygen atoms in total. The normalized spacial score (nSPS) is 16.3. The van der Waals surface area contributed by atoms with Crippen LogP contribution < -0.4 is 0 Å². The van der Waals surface area contributed by atoms with E-state index in [9.17, 15) is 0 Å². The third-order valence-electron chi connectivity index (χ3n) is 4.37. The molecule has 0 amide bonds. The maximum atomic E-state index is 4.80. The molecule has 2 aromatic heterocycles. The molecule has 0 unspecified atom stereocenters. The Bertz CT molecular complexity index is 586. The highest BCUT2D eigenvalue weighted by atomic mass is 32.2. The first kappa shape index (κ1) is 14.6. The number of aryl methyl sites for hydroxylation is 1. The number of thioether (sulfide) groups is 1. The molecule has 21 heavy (non-hydrogen) atoms. The van der Waals surface area contributed by atoms with Crippen molar-refractivity contribution in [1.82, 2.24) is 14.5 Å². The van der Waals surface area contributed by atoms with Gasteiger partial charge in [0.1, 0.15) is 0 Å². The molecule has 1 fully saturated rings. The van der Waals surface area contributed by atoms with Crippen molar-refractivity contribution in [3.63, 3.8) is 0 Å². The average Bonchev–Trinajstić information content (AvgIpc) is 2.82. The van der Waals surface area contributed by atoms with Gasteiger partial charge < -0.3 is 4.57 Å². The third kappa shape index (κ3) is 3.31. The summed E-state index contributed by atoms with van der Waals surface area (Å²) in [7, 11) is 0. The lowest BCUT2D eigenvalue weighted by Crippen LogP contribution is -2.15. The third-order valence-corrected chi connectivity index (χ3v) is 5.36. The molecule has 0 aliphatic heterocycles. The summed E-state index contributed by atoms with van der Waals surface area (Å²) in [6.45, 7) is 4.33. The van der Waals surface area contributed by atoms with Crippen LogP contribution in [0.15, 0.2) is 29.6 Å². The highest BCUT2D eigenvalue weighted by Gasteiger charge is 2.21. The topological polar surface area (TPSA) is 30.7 Å². The van der Waals surface area contributed by atoms with Gasteiger partial charge in [-0.15, -0.1) is 0 Å². The summed E-state index contributed by atoms with van der Waals surface area (Å²) in [4.78, 5) is 9.21. The van der Waals surface area contributed by atoms with Crippen LogP contribution in [0.1, 0.15) is 55.2 Å². The minimum Gasteiger partial charge on any atom is -0.320 e. The summed E-state index contributed by atoms with van der Waals surface area (Å²) in [5.41, 5.74) is 3.63. The number of imidazole rings is 1. The second kappa shape index (κ2) is 6.65. The van der Waals surface area contributed by atoms with E-state index in [4.69, 9.17) is 4.98 Å². The fourth-order valence-electron chi connectivity index (χ4n) is 3.09. The summed E-state index contributed by atoms with van der Waals surface area (Å²) in [5, 5.41) is 1.17. The molecule has 2 heterocycles. The fraction of sp³-hybridized carbons (Fsp3) is 0.529. The van der Waals surface area contributed by atoms with Gasteiger partial charge in [-0.05, 0) is 38.8 Å². The van der Waals surface area contributed by atoms with E-state index in [0.29, 0.717) is 6.04 Å². The van der Waals surface area contributed by atoms with E-state index in [-0.39, 0.29) is 0 Å². The van der Waals surface area contributed by atoms with Crippen molar-refractivity contribution in [2.24, 2.45) is 0 Å². The quantitative estimate of drug-likeness (QED) is 0.767. The number of hydrogen-bond acceptors (Lipinski definition) is 3. The van der Waals surface area contributed by atoms with Gasteiger partial charge in [-0.2, -0.15) is 0 Å². The van der Waals surface area contributed by atoms with Crippen LogP contribution >= 0.6 is 11.8 Å². The van der Waals surface area contributed by atoms with Crippen LogP contribution in [0.5, 0.6) is 0 Å². The molecule has 3 rings (SSSR count). The number of hydrogen-bond donors (Lipinski definition) is 0. The summed E-state index contributed by atoms with van der Waals surface area (Å²) < 4.78 is 2.49. The van der Waals surface area contributed by atoms with Crippen molar-refractivity contribution < 1.29 is 0 Å². The van der Waals surface area contributed by atoms with Crippen molar-refractivity contribution in [2.75, 3.05) is 0 Å². The fourth-order valence-corrected chi connectivity index (χ4v) is 4.16. The molecular weight excluding hydrogens is 278 g/mol. The molecule has 4 heteroatoms. The Morgan fingerprint density at radius 2 is 2.00 bits per heavy atom. The first-order valence-corrected chi connectivity index (χ1v) is 8.82. The number of nitrogens with zero attached hydrogens (tertiary/aromatic N) is 3. The molecule has 0 N–H and O–H groups in total. The minimum absolute atomic E-state index is 0.645. The lowest BCUT2D eigenvalue weighted by atomic mass is 9.95. The summed E-state index contributed by atoms with van der Waals surface area (Å²) in [6, 6.07) is 6.74. The van der Waals surface area contributed by atoms with Crippen molar-refractivity contribution in [3.8, 4) is 0 Å². The molecule has 2 aromatic rings. The molecule has 0 aromatic carbocycles. The Labute approximate surface area is 131 Å². The highest BCUT2D eigenvalue weighted by molar-refractivity contribution is 7.98. The average molecular weight is 301 g/mol. The SMILES string of the molecule is Cc1nc(SCc2ccccn2)n(C2CCCCC2)c1C. The van der Waals surface area contributed by atoms with Gasteiger partial charge in [-0.25, -0.2) is 4.98 Å². The monoisotopic (exact) mass is 301 g/mol. The van der Waals surface area contributed by atoms with Gasteiger partial charge in [-0.1, -0.05) is 37.1 Å².